The lowest BCUT2D eigenvalue weighted by Crippen LogP contribution is -2.40. The van der Waals surface area contributed by atoms with Crippen molar-refractivity contribution in [2.24, 2.45) is 0 Å². The van der Waals surface area contributed by atoms with Crippen molar-refractivity contribution in [2.75, 3.05) is 26.2 Å². The zero-order valence-electron chi connectivity index (χ0n) is 16.0. The molecule has 0 saturated carbocycles. The number of para-hydroxylation sites is 2. The predicted molar refractivity (Wildman–Crippen MR) is 114 cm³/mol. The summed E-state index contributed by atoms with van der Waals surface area (Å²) in [4.78, 5) is 21.3. The SMILES string of the molecule is O=c1[nH]c2cccc3c2n1C(CN1CC=C(c2c[nH]c4ccccc24)CC1)CO3. The van der Waals surface area contributed by atoms with E-state index in [0.29, 0.717) is 6.61 Å². The minimum atomic E-state index is -0.0483. The monoisotopic (exact) mass is 386 g/mol. The number of ether oxygens (including phenoxy) is 1. The lowest BCUT2D eigenvalue weighted by molar-refractivity contribution is 0.176. The van der Waals surface area contributed by atoms with E-state index in [2.05, 4.69) is 51.4 Å². The first kappa shape index (κ1) is 16.7. The Morgan fingerprint density at radius 3 is 2.90 bits per heavy atom. The Kier molecular flexibility index (Phi) is 3.67. The van der Waals surface area contributed by atoms with Crippen molar-refractivity contribution in [3.05, 3.63) is 70.8 Å². The Bertz CT molecular complexity index is 1310. The summed E-state index contributed by atoms with van der Waals surface area (Å²) in [5.74, 6) is 0.789. The van der Waals surface area contributed by atoms with E-state index in [1.807, 2.05) is 22.8 Å². The highest BCUT2D eigenvalue weighted by Gasteiger charge is 2.27. The molecule has 0 radical (unpaired) electrons. The molecule has 0 aliphatic carbocycles. The summed E-state index contributed by atoms with van der Waals surface area (Å²) in [7, 11) is 0. The fourth-order valence-electron chi connectivity index (χ4n) is 4.77. The molecule has 6 rings (SSSR count). The number of nitrogens with zero attached hydrogens (tertiary/aromatic N) is 2. The van der Waals surface area contributed by atoms with Crippen LogP contribution in [0.3, 0.4) is 0 Å². The molecule has 0 fully saturated rings. The Labute approximate surface area is 167 Å². The van der Waals surface area contributed by atoms with Crippen LogP contribution in [0.4, 0.5) is 0 Å². The summed E-state index contributed by atoms with van der Waals surface area (Å²) in [6.07, 6.45) is 5.45. The molecular weight excluding hydrogens is 364 g/mol. The summed E-state index contributed by atoms with van der Waals surface area (Å²) < 4.78 is 7.85. The van der Waals surface area contributed by atoms with Crippen LogP contribution in [0.1, 0.15) is 18.0 Å². The molecule has 0 saturated heterocycles. The van der Waals surface area contributed by atoms with Crippen LogP contribution in [0.25, 0.3) is 27.5 Å². The zero-order valence-corrected chi connectivity index (χ0v) is 16.0. The van der Waals surface area contributed by atoms with Gasteiger partial charge in [0.2, 0.25) is 0 Å². The Balaban J connectivity index is 1.25. The molecule has 0 amide bonds. The lowest BCUT2D eigenvalue weighted by atomic mass is 9.98. The van der Waals surface area contributed by atoms with Gasteiger partial charge >= 0.3 is 5.69 Å². The average molecular weight is 386 g/mol. The van der Waals surface area contributed by atoms with Crippen molar-refractivity contribution in [3.8, 4) is 5.75 Å². The molecule has 146 valence electrons. The first-order chi connectivity index (χ1) is 14.3. The predicted octanol–water partition coefficient (Wildman–Crippen LogP) is 3.53. The minimum Gasteiger partial charge on any atom is -0.489 e. The second-order valence-electron chi connectivity index (χ2n) is 7.90. The van der Waals surface area contributed by atoms with Gasteiger partial charge in [-0.25, -0.2) is 4.79 Å². The summed E-state index contributed by atoms with van der Waals surface area (Å²) >= 11 is 0. The fraction of sp³-hybridized carbons (Fsp3) is 0.261. The third kappa shape index (κ3) is 2.63. The van der Waals surface area contributed by atoms with Gasteiger partial charge in [-0.05, 0) is 30.2 Å². The van der Waals surface area contributed by atoms with Gasteiger partial charge in [-0.15, -0.1) is 0 Å². The maximum Gasteiger partial charge on any atom is 0.326 e. The normalized spacial score (nSPS) is 19.4. The molecule has 6 heteroatoms. The maximum atomic E-state index is 12.6. The van der Waals surface area contributed by atoms with Crippen molar-refractivity contribution in [1.82, 2.24) is 19.4 Å². The van der Waals surface area contributed by atoms with Crippen LogP contribution < -0.4 is 10.4 Å². The number of H-pyrrole nitrogens is 2. The molecule has 2 aromatic carbocycles. The Hall–Kier alpha value is -3.25. The molecule has 2 aliphatic heterocycles. The van der Waals surface area contributed by atoms with Crippen LogP contribution in [0.2, 0.25) is 0 Å². The lowest BCUT2D eigenvalue weighted by Gasteiger charge is -2.32. The van der Waals surface area contributed by atoms with Gasteiger partial charge in [0.25, 0.3) is 0 Å². The van der Waals surface area contributed by atoms with Crippen LogP contribution in [-0.2, 0) is 0 Å². The number of rotatable bonds is 3. The zero-order chi connectivity index (χ0) is 19.4. The quantitative estimate of drug-likeness (QED) is 0.566. The highest BCUT2D eigenvalue weighted by molar-refractivity contribution is 5.92. The van der Waals surface area contributed by atoms with Gasteiger partial charge in [-0.1, -0.05) is 30.3 Å². The third-order valence-corrected chi connectivity index (χ3v) is 6.19. The Morgan fingerprint density at radius 1 is 1.10 bits per heavy atom. The van der Waals surface area contributed by atoms with Gasteiger partial charge in [-0.2, -0.15) is 0 Å². The van der Waals surface area contributed by atoms with Crippen LogP contribution in [0.5, 0.6) is 5.75 Å². The fourth-order valence-corrected chi connectivity index (χ4v) is 4.77. The molecule has 2 aliphatic rings. The molecule has 29 heavy (non-hydrogen) atoms. The van der Waals surface area contributed by atoms with Gasteiger partial charge in [0.15, 0.2) is 0 Å². The van der Waals surface area contributed by atoms with Gasteiger partial charge in [0, 0.05) is 42.3 Å². The smallest absolute Gasteiger partial charge is 0.326 e. The van der Waals surface area contributed by atoms with E-state index in [1.54, 1.807) is 0 Å². The molecule has 4 aromatic rings. The van der Waals surface area contributed by atoms with Crippen molar-refractivity contribution in [3.63, 3.8) is 0 Å². The number of hydrogen-bond donors (Lipinski definition) is 2. The molecular formula is C23H22N4O2. The highest BCUT2D eigenvalue weighted by atomic mass is 16.5. The topological polar surface area (TPSA) is 66.0 Å². The van der Waals surface area contributed by atoms with Crippen molar-refractivity contribution in [1.29, 1.82) is 0 Å². The number of benzene rings is 2. The van der Waals surface area contributed by atoms with E-state index in [1.165, 1.54) is 22.0 Å². The number of hydrogen-bond acceptors (Lipinski definition) is 3. The number of imidazole rings is 1. The second-order valence-corrected chi connectivity index (χ2v) is 7.90. The number of nitrogens with one attached hydrogen (secondary N) is 2. The van der Waals surface area contributed by atoms with E-state index >= 15 is 0 Å². The van der Waals surface area contributed by atoms with Gasteiger partial charge in [0.1, 0.15) is 17.9 Å². The summed E-state index contributed by atoms with van der Waals surface area (Å²) in [6.45, 7) is 3.19. The Morgan fingerprint density at radius 2 is 2.00 bits per heavy atom. The van der Waals surface area contributed by atoms with E-state index in [-0.39, 0.29) is 11.7 Å². The van der Waals surface area contributed by atoms with Gasteiger partial charge in [-0.3, -0.25) is 9.47 Å². The maximum absolute atomic E-state index is 12.6. The van der Waals surface area contributed by atoms with E-state index in [9.17, 15) is 4.79 Å². The van der Waals surface area contributed by atoms with Crippen molar-refractivity contribution in [2.45, 2.75) is 12.5 Å². The van der Waals surface area contributed by atoms with E-state index in [0.717, 1.165) is 42.8 Å². The van der Waals surface area contributed by atoms with Gasteiger partial charge in [0.05, 0.1) is 11.6 Å². The average Bonchev–Trinajstić information content (AvgIpc) is 3.33. The summed E-state index contributed by atoms with van der Waals surface area (Å²) in [5.41, 5.74) is 5.56. The van der Waals surface area contributed by atoms with Crippen LogP contribution in [0.15, 0.2) is 59.5 Å². The number of fused-ring (bicyclic) bond motifs is 1. The molecule has 4 heterocycles. The van der Waals surface area contributed by atoms with Crippen molar-refractivity contribution >= 4 is 27.5 Å². The summed E-state index contributed by atoms with van der Waals surface area (Å²) in [5, 5.41) is 1.28. The molecule has 2 N–H and O–H groups in total. The minimum absolute atomic E-state index is 0.0224. The first-order valence-corrected chi connectivity index (χ1v) is 10.1. The van der Waals surface area contributed by atoms with E-state index in [4.69, 9.17) is 4.74 Å². The number of aromatic amines is 2. The van der Waals surface area contributed by atoms with Crippen LogP contribution >= 0.6 is 0 Å². The van der Waals surface area contributed by atoms with Crippen LogP contribution in [-0.4, -0.2) is 45.7 Å². The third-order valence-electron chi connectivity index (χ3n) is 6.19. The number of aromatic nitrogens is 3. The van der Waals surface area contributed by atoms with Crippen LogP contribution in [0, 0.1) is 0 Å². The molecule has 0 spiro atoms. The van der Waals surface area contributed by atoms with Crippen molar-refractivity contribution < 1.29 is 4.74 Å². The second kappa shape index (κ2) is 6.39. The largest absolute Gasteiger partial charge is 0.489 e. The first-order valence-electron chi connectivity index (χ1n) is 10.1. The molecule has 1 atom stereocenters. The standard InChI is InChI=1S/C23H22N4O2/c28-23-25-20-6-3-7-21-22(20)27(23)16(14-29-21)13-26-10-8-15(9-11-26)18-12-24-19-5-2-1-4-17(18)19/h1-8,12,16,24H,9-11,13-14H2,(H,25,28). The van der Waals surface area contributed by atoms with E-state index < -0.39 is 0 Å². The molecule has 0 bridgehead atoms. The molecule has 1 unspecified atom stereocenters. The molecule has 6 nitrogen and oxygen atoms in total. The summed E-state index contributed by atoms with van der Waals surface area (Å²) in [6, 6.07) is 14.2. The van der Waals surface area contributed by atoms with Gasteiger partial charge < -0.3 is 14.7 Å². The highest BCUT2D eigenvalue weighted by Crippen LogP contribution is 2.32. The molecule has 2 aromatic heterocycles.